The van der Waals surface area contributed by atoms with Crippen molar-refractivity contribution in [2.24, 2.45) is 0 Å². The smallest absolute Gasteiger partial charge is 0.321 e. The largest absolute Gasteiger partial charge is 0.338 e. The molecular weight excluding hydrogens is 259 g/mol. The third-order valence-corrected chi connectivity index (χ3v) is 1.60. The van der Waals surface area contributed by atoms with E-state index in [-0.39, 0.29) is 5.91 Å². The lowest BCUT2D eigenvalue weighted by atomic mass is 10.5. The highest BCUT2D eigenvalue weighted by Gasteiger charge is 2.02. The molecule has 0 aromatic carbocycles. The number of urea groups is 1. The van der Waals surface area contributed by atoms with Gasteiger partial charge in [-0.15, -0.1) is 0 Å². The Kier molecular flexibility index (Phi) is 6.19. The second-order valence-corrected chi connectivity index (χ2v) is 2.70. The number of hydrogen-bond acceptors (Lipinski definition) is 2. The SMILES string of the molecule is CCCNC(=O)NC(=O)CI. The fraction of sp³-hybridized carbons (Fsp3) is 0.667. The monoisotopic (exact) mass is 270 g/mol. The maximum atomic E-state index is 10.7. The zero-order valence-corrected chi connectivity index (χ0v) is 8.47. The predicted octanol–water partition coefficient (Wildman–Crippen LogP) is 0.657. The summed E-state index contributed by atoms with van der Waals surface area (Å²) in [6, 6.07) is -0.409. The molecule has 0 rings (SSSR count). The van der Waals surface area contributed by atoms with Gasteiger partial charge in [-0.3, -0.25) is 10.1 Å². The number of nitrogens with one attached hydrogen (secondary N) is 2. The first-order valence-corrected chi connectivity index (χ1v) is 4.87. The van der Waals surface area contributed by atoms with Crippen LogP contribution in [0.2, 0.25) is 0 Å². The highest BCUT2D eigenvalue weighted by Crippen LogP contribution is 1.79. The van der Waals surface area contributed by atoms with E-state index in [2.05, 4.69) is 10.6 Å². The molecule has 11 heavy (non-hydrogen) atoms. The maximum Gasteiger partial charge on any atom is 0.321 e. The number of alkyl halides is 1. The van der Waals surface area contributed by atoms with Crippen molar-refractivity contribution in [1.29, 1.82) is 0 Å². The Morgan fingerprint density at radius 2 is 2.09 bits per heavy atom. The van der Waals surface area contributed by atoms with Gasteiger partial charge in [0.1, 0.15) is 0 Å². The average Bonchev–Trinajstić information content (AvgIpc) is 2.00. The third-order valence-electron chi connectivity index (χ3n) is 0.910. The van der Waals surface area contributed by atoms with E-state index in [0.717, 1.165) is 6.42 Å². The van der Waals surface area contributed by atoms with Gasteiger partial charge >= 0.3 is 6.03 Å². The van der Waals surface area contributed by atoms with Crippen molar-refractivity contribution in [3.63, 3.8) is 0 Å². The van der Waals surface area contributed by atoms with Gasteiger partial charge in [0.05, 0.1) is 4.43 Å². The minimum absolute atomic E-state index is 0.265. The fourth-order valence-corrected chi connectivity index (χ4v) is 0.633. The molecule has 0 saturated carbocycles. The molecule has 0 bridgehead atoms. The highest BCUT2D eigenvalue weighted by atomic mass is 127. The lowest BCUT2D eigenvalue weighted by Gasteiger charge is -2.02. The van der Waals surface area contributed by atoms with Crippen LogP contribution >= 0.6 is 22.6 Å². The zero-order chi connectivity index (χ0) is 8.69. The molecule has 0 aliphatic rings. The van der Waals surface area contributed by atoms with Gasteiger partial charge in [-0.1, -0.05) is 29.5 Å². The van der Waals surface area contributed by atoms with Crippen LogP contribution in [0.15, 0.2) is 0 Å². The molecule has 0 aromatic heterocycles. The van der Waals surface area contributed by atoms with Gasteiger partial charge in [-0.2, -0.15) is 0 Å². The Labute approximate surface area is 79.2 Å². The predicted molar refractivity (Wildman–Crippen MR) is 50.7 cm³/mol. The summed E-state index contributed by atoms with van der Waals surface area (Å²) in [5.41, 5.74) is 0. The summed E-state index contributed by atoms with van der Waals surface area (Å²) in [5, 5.41) is 4.69. The van der Waals surface area contributed by atoms with Crippen LogP contribution in [0.3, 0.4) is 0 Å². The Balaban J connectivity index is 3.44. The van der Waals surface area contributed by atoms with Crippen molar-refractivity contribution in [3.05, 3.63) is 0 Å². The van der Waals surface area contributed by atoms with Crippen molar-refractivity contribution in [3.8, 4) is 0 Å². The summed E-state index contributed by atoms with van der Waals surface area (Å²) in [6.07, 6.45) is 0.867. The molecule has 64 valence electrons. The van der Waals surface area contributed by atoms with Crippen molar-refractivity contribution in [2.45, 2.75) is 13.3 Å². The van der Waals surface area contributed by atoms with E-state index < -0.39 is 6.03 Å². The van der Waals surface area contributed by atoms with Crippen LogP contribution in [0.1, 0.15) is 13.3 Å². The van der Waals surface area contributed by atoms with E-state index in [1.807, 2.05) is 29.5 Å². The van der Waals surface area contributed by atoms with E-state index in [0.29, 0.717) is 11.0 Å². The Morgan fingerprint density at radius 3 is 2.55 bits per heavy atom. The van der Waals surface area contributed by atoms with Gasteiger partial charge in [-0.25, -0.2) is 4.79 Å². The molecule has 0 heterocycles. The molecule has 0 saturated heterocycles. The molecular formula is C6H11IN2O2. The molecule has 0 aliphatic heterocycles. The number of imide groups is 1. The molecule has 0 radical (unpaired) electrons. The van der Waals surface area contributed by atoms with Crippen molar-refractivity contribution >= 4 is 34.5 Å². The third kappa shape index (κ3) is 6.08. The second kappa shape index (κ2) is 6.38. The topological polar surface area (TPSA) is 58.2 Å². The molecule has 4 nitrogen and oxygen atoms in total. The van der Waals surface area contributed by atoms with Gasteiger partial charge in [0.2, 0.25) is 5.91 Å². The highest BCUT2D eigenvalue weighted by molar-refractivity contribution is 14.1. The molecule has 2 N–H and O–H groups in total. The van der Waals surface area contributed by atoms with E-state index in [4.69, 9.17) is 0 Å². The number of rotatable bonds is 3. The van der Waals surface area contributed by atoms with Crippen LogP contribution in [0.5, 0.6) is 0 Å². The average molecular weight is 270 g/mol. The Bertz CT molecular complexity index is 150. The lowest BCUT2D eigenvalue weighted by molar-refractivity contribution is -0.117. The Morgan fingerprint density at radius 1 is 1.45 bits per heavy atom. The second-order valence-electron chi connectivity index (χ2n) is 1.94. The number of hydrogen-bond donors (Lipinski definition) is 2. The Hall–Kier alpha value is -0.330. The van der Waals surface area contributed by atoms with Crippen molar-refractivity contribution < 1.29 is 9.59 Å². The molecule has 0 unspecified atom stereocenters. The van der Waals surface area contributed by atoms with Crippen LogP contribution < -0.4 is 10.6 Å². The number of amides is 3. The van der Waals surface area contributed by atoms with Gasteiger partial charge in [0.15, 0.2) is 0 Å². The van der Waals surface area contributed by atoms with Gasteiger partial charge in [-0.05, 0) is 6.42 Å². The van der Waals surface area contributed by atoms with E-state index >= 15 is 0 Å². The van der Waals surface area contributed by atoms with Gasteiger partial charge in [0, 0.05) is 6.54 Å². The number of carbonyl (C=O) groups excluding carboxylic acids is 2. The molecule has 0 aliphatic carbocycles. The molecule has 3 amide bonds. The van der Waals surface area contributed by atoms with Gasteiger partial charge in [0.25, 0.3) is 0 Å². The quantitative estimate of drug-likeness (QED) is 0.584. The first kappa shape index (κ1) is 10.7. The standard InChI is InChI=1S/C6H11IN2O2/c1-2-3-8-6(11)9-5(10)4-7/h2-4H2,1H3,(H2,8,9,10,11). The molecule has 5 heteroatoms. The zero-order valence-electron chi connectivity index (χ0n) is 6.32. The minimum atomic E-state index is -0.409. The summed E-state index contributed by atoms with van der Waals surface area (Å²) in [7, 11) is 0. The van der Waals surface area contributed by atoms with Crippen LogP contribution in [0, 0.1) is 0 Å². The summed E-state index contributed by atoms with van der Waals surface area (Å²) < 4.78 is 0.303. The lowest BCUT2D eigenvalue weighted by Crippen LogP contribution is -2.40. The van der Waals surface area contributed by atoms with E-state index in [1.165, 1.54) is 0 Å². The first-order valence-electron chi connectivity index (χ1n) is 3.34. The summed E-state index contributed by atoms with van der Waals surface area (Å²) in [6.45, 7) is 2.54. The van der Waals surface area contributed by atoms with Crippen LogP contribution in [-0.2, 0) is 4.79 Å². The van der Waals surface area contributed by atoms with Crippen molar-refractivity contribution in [1.82, 2.24) is 10.6 Å². The van der Waals surface area contributed by atoms with Crippen molar-refractivity contribution in [2.75, 3.05) is 11.0 Å². The summed E-state index contributed by atoms with van der Waals surface area (Å²) in [4.78, 5) is 21.3. The molecule has 0 atom stereocenters. The number of carbonyl (C=O) groups is 2. The van der Waals surface area contributed by atoms with Crippen LogP contribution in [0.25, 0.3) is 0 Å². The fourth-order valence-electron chi connectivity index (χ4n) is 0.443. The van der Waals surface area contributed by atoms with Crippen LogP contribution in [-0.4, -0.2) is 22.9 Å². The minimum Gasteiger partial charge on any atom is -0.338 e. The van der Waals surface area contributed by atoms with Crippen LogP contribution in [0.4, 0.5) is 4.79 Å². The van der Waals surface area contributed by atoms with E-state index in [9.17, 15) is 9.59 Å². The maximum absolute atomic E-state index is 10.7. The molecule has 0 fully saturated rings. The first-order chi connectivity index (χ1) is 5.20. The summed E-state index contributed by atoms with van der Waals surface area (Å²) in [5.74, 6) is -0.265. The normalized spacial score (nSPS) is 8.91. The molecule has 0 aromatic rings. The number of halogens is 1. The molecule has 0 spiro atoms. The summed E-state index contributed by atoms with van der Waals surface area (Å²) >= 11 is 1.89. The van der Waals surface area contributed by atoms with Gasteiger partial charge < -0.3 is 5.32 Å². The van der Waals surface area contributed by atoms with E-state index in [1.54, 1.807) is 0 Å².